The highest BCUT2D eigenvalue weighted by Gasteiger charge is 2.11. The minimum Gasteiger partial charge on any atom is -0.377 e. The van der Waals surface area contributed by atoms with Crippen LogP contribution in [-0.2, 0) is 6.42 Å². The standard InChI is InChI=1S/C16H21NS/c1-4-7-14-8-5-6-9-15(14)17-13(3)16-12(2)10-11-18-16/h5-6,8-11,13,17H,4,7H2,1-3H3. The quantitative estimate of drug-likeness (QED) is 0.780. The van der Waals surface area contributed by atoms with Gasteiger partial charge in [-0.1, -0.05) is 31.5 Å². The van der Waals surface area contributed by atoms with E-state index in [-0.39, 0.29) is 0 Å². The fourth-order valence-corrected chi connectivity index (χ4v) is 3.21. The van der Waals surface area contributed by atoms with Crippen LogP contribution in [0.5, 0.6) is 0 Å². The van der Waals surface area contributed by atoms with Crippen molar-refractivity contribution in [2.45, 2.75) is 39.7 Å². The molecule has 1 N–H and O–H groups in total. The molecule has 0 aliphatic rings. The molecule has 2 aromatic rings. The van der Waals surface area contributed by atoms with Crippen LogP contribution in [0.4, 0.5) is 5.69 Å². The number of anilines is 1. The Morgan fingerprint density at radius 1 is 1.22 bits per heavy atom. The number of hydrogen-bond donors (Lipinski definition) is 1. The molecule has 0 aliphatic heterocycles. The van der Waals surface area contributed by atoms with Crippen LogP contribution < -0.4 is 5.32 Å². The first-order valence-electron chi connectivity index (χ1n) is 6.60. The zero-order chi connectivity index (χ0) is 13.0. The van der Waals surface area contributed by atoms with Crippen LogP contribution in [0.15, 0.2) is 35.7 Å². The van der Waals surface area contributed by atoms with Gasteiger partial charge in [0.05, 0.1) is 6.04 Å². The van der Waals surface area contributed by atoms with Gasteiger partial charge < -0.3 is 5.32 Å². The fourth-order valence-electron chi connectivity index (χ4n) is 2.28. The maximum atomic E-state index is 3.65. The fraction of sp³-hybridized carbons (Fsp3) is 0.375. The summed E-state index contributed by atoms with van der Waals surface area (Å²) in [6, 6.07) is 11.2. The summed E-state index contributed by atoms with van der Waals surface area (Å²) in [4.78, 5) is 1.43. The van der Waals surface area contributed by atoms with Crippen molar-refractivity contribution < 1.29 is 0 Å². The van der Waals surface area contributed by atoms with Gasteiger partial charge in [-0.3, -0.25) is 0 Å². The van der Waals surface area contributed by atoms with Gasteiger partial charge in [-0.15, -0.1) is 11.3 Å². The summed E-state index contributed by atoms with van der Waals surface area (Å²) in [6.45, 7) is 6.65. The van der Waals surface area contributed by atoms with E-state index >= 15 is 0 Å². The minimum absolute atomic E-state index is 0.378. The number of benzene rings is 1. The Balaban J connectivity index is 2.16. The third-order valence-electron chi connectivity index (χ3n) is 3.20. The van der Waals surface area contributed by atoms with Crippen LogP contribution in [0.3, 0.4) is 0 Å². The van der Waals surface area contributed by atoms with E-state index in [1.165, 1.54) is 28.1 Å². The number of nitrogens with one attached hydrogen (secondary N) is 1. The molecule has 1 nitrogen and oxygen atoms in total. The zero-order valence-electron chi connectivity index (χ0n) is 11.4. The van der Waals surface area contributed by atoms with E-state index in [0.717, 1.165) is 6.42 Å². The molecule has 0 fully saturated rings. The minimum atomic E-state index is 0.378. The highest BCUT2D eigenvalue weighted by Crippen LogP contribution is 2.28. The maximum Gasteiger partial charge on any atom is 0.0581 e. The summed E-state index contributed by atoms with van der Waals surface area (Å²) in [5.74, 6) is 0. The molecule has 1 heterocycles. The van der Waals surface area contributed by atoms with Gasteiger partial charge >= 0.3 is 0 Å². The van der Waals surface area contributed by atoms with Gasteiger partial charge in [-0.2, -0.15) is 0 Å². The average molecular weight is 259 g/mol. The number of thiophene rings is 1. The molecule has 2 rings (SSSR count). The Morgan fingerprint density at radius 3 is 2.67 bits per heavy atom. The van der Waals surface area contributed by atoms with Crippen molar-refractivity contribution >= 4 is 17.0 Å². The normalized spacial score (nSPS) is 12.4. The molecule has 1 unspecified atom stereocenters. The van der Waals surface area contributed by atoms with Crippen LogP contribution in [-0.4, -0.2) is 0 Å². The van der Waals surface area contributed by atoms with Gasteiger partial charge in [0.2, 0.25) is 0 Å². The second-order valence-corrected chi connectivity index (χ2v) is 5.69. The van der Waals surface area contributed by atoms with E-state index in [1.807, 2.05) is 11.3 Å². The van der Waals surface area contributed by atoms with Gasteiger partial charge in [-0.05, 0) is 48.9 Å². The van der Waals surface area contributed by atoms with Crippen molar-refractivity contribution in [2.75, 3.05) is 5.32 Å². The topological polar surface area (TPSA) is 12.0 Å². The predicted octanol–water partition coefficient (Wildman–Crippen LogP) is 5.18. The van der Waals surface area contributed by atoms with Crippen molar-refractivity contribution in [1.82, 2.24) is 0 Å². The third-order valence-corrected chi connectivity index (χ3v) is 4.41. The summed E-state index contributed by atoms with van der Waals surface area (Å²) >= 11 is 1.83. The average Bonchev–Trinajstić information content (AvgIpc) is 2.78. The molecule has 0 amide bonds. The smallest absolute Gasteiger partial charge is 0.0581 e. The SMILES string of the molecule is CCCc1ccccc1NC(C)c1sccc1C. The lowest BCUT2D eigenvalue weighted by molar-refractivity contribution is 0.877. The highest BCUT2D eigenvalue weighted by molar-refractivity contribution is 7.10. The molecule has 18 heavy (non-hydrogen) atoms. The molecular weight excluding hydrogens is 238 g/mol. The van der Waals surface area contributed by atoms with Gasteiger partial charge in [0.15, 0.2) is 0 Å². The van der Waals surface area contributed by atoms with Gasteiger partial charge in [-0.25, -0.2) is 0 Å². The van der Waals surface area contributed by atoms with Crippen molar-refractivity contribution in [3.8, 4) is 0 Å². The second-order valence-electron chi connectivity index (χ2n) is 4.74. The largest absolute Gasteiger partial charge is 0.377 e. The van der Waals surface area contributed by atoms with Crippen LogP contribution in [0.1, 0.15) is 42.3 Å². The molecule has 0 bridgehead atoms. The van der Waals surface area contributed by atoms with Gasteiger partial charge in [0, 0.05) is 10.6 Å². The predicted molar refractivity (Wildman–Crippen MR) is 81.5 cm³/mol. The first-order valence-corrected chi connectivity index (χ1v) is 7.48. The van der Waals surface area contributed by atoms with Gasteiger partial charge in [0.1, 0.15) is 0 Å². The monoisotopic (exact) mass is 259 g/mol. The Morgan fingerprint density at radius 2 is 2.00 bits per heavy atom. The number of para-hydroxylation sites is 1. The molecule has 0 radical (unpaired) electrons. The molecule has 96 valence electrons. The molecule has 1 aromatic carbocycles. The Hall–Kier alpha value is -1.28. The molecule has 1 atom stereocenters. The lowest BCUT2D eigenvalue weighted by Gasteiger charge is -2.18. The van der Waals surface area contributed by atoms with Crippen LogP contribution in [0, 0.1) is 6.92 Å². The Kier molecular flexibility index (Phi) is 4.43. The van der Waals surface area contributed by atoms with E-state index in [1.54, 1.807) is 0 Å². The van der Waals surface area contributed by atoms with Crippen molar-refractivity contribution in [2.24, 2.45) is 0 Å². The van der Waals surface area contributed by atoms with Gasteiger partial charge in [0.25, 0.3) is 0 Å². The van der Waals surface area contributed by atoms with Crippen molar-refractivity contribution in [3.05, 3.63) is 51.7 Å². The third kappa shape index (κ3) is 2.94. The number of aryl methyl sites for hydroxylation is 2. The van der Waals surface area contributed by atoms with E-state index in [9.17, 15) is 0 Å². The molecule has 2 heteroatoms. The maximum absolute atomic E-state index is 3.65. The molecule has 0 saturated heterocycles. The molecule has 0 aliphatic carbocycles. The van der Waals surface area contributed by atoms with Crippen LogP contribution in [0.2, 0.25) is 0 Å². The van der Waals surface area contributed by atoms with E-state index < -0.39 is 0 Å². The summed E-state index contributed by atoms with van der Waals surface area (Å²) in [7, 11) is 0. The highest BCUT2D eigenvalue weighted by atomic mass is 32.1. The first kappa shape index (κ1) is 13.2. The lowest BCUT2D eigenvalue weighted by atomic mass is 10.1. The lowest BCUT2D eigenvalue weighted by Crippen LogP contribution is -2.08. The number of hydrogen-bond acceptors (Lipinski definition) is 2. The molecule has 1 aromatic heterocycles. The van der Waals surface area contributed by atoms with Crippen LogP contribution >= 0.6 is 11.3 Å². The molecule has 0 saturated carbocycles. The van der Waals surface area contributed by atoms with E-state index in [0.29, 0.717) is 6.04 Å². The van der Waals surface area contributed by atoms with E-state index in [2.05, 4.69) is 61.8 Å². The molecular formula is C16H21NS. The Labute approximate surface area is 114 Å². The summed E-state index contributed by atoms with van der Waals surface area (Å²) < 4.78 is 0. The Bertz CT molecular complexity index is 501. The first-order chi connectivity index (χ1) is 8.72. The molecule has 0 spiro atoms. The van der Waals surface area contributed by atoms with Crippen molar-refractivity contribution in [1.29, 1.82) is 0 Å². The van der Waals surface area contributed by atoms with E-state index in [4.69, 9.17) is 0 Å². The van der Waals surface area contributed by atoms with Crippen LogP contribution in [0.25, 0.3) is 0 Å². The number of rotatable bonds is 5. The second kappa shape index (κ2) is 6.05. The summed E-state index contributed by atoms with van der Waals surface area (Å²) in [6.07, 6.45) is 2.32. The summed E-state index contributed by atoms with van der Waals surface area (Å²) in [5, 5.41) is 5.82. The summed E-state index contributed by atoms with van der Waals surface area (Å²) in [5.41, 5.74) is 4.08. The zero-order valence-corrected chi connectivity index (χ0v) is 12.2. The van der Waals surface area contributed by atoms with Crippen molar-refractivity contribution in [3.63, 3.8) is 0 Å².